The van der Waals surface area contributed by atoms with Crippen molar-refractivity contribution in [1.82, 2.24) is 5.32 Å². The molecule has 1 N–H and O–H groups in total. The van der Waals surface area contributed by atoms with Crippen LogP contribution in [0.25, 0.3) is 0 Å². The summed E-state index contributed by atoms with van der Waals surface area (Å²) in [5, 5.41) is 12.4. The summed E-state index contributed by atoms with van der Waals surface area (Å²) in [6.45, 7) is -0.369. The average molecular weight is 420 g/mol. The minimum absolute atomic E-state index is 0.0295. The number of hydrogen-bond acceptors (Lipinski definition) is 6. The summed E-state index contributed by atoms with van der Waals surface area (Å²) in [6.07, 6.45) is 2.91. The van der Waals surface area contributed by atoms with Crippen molar-refractivity contribution >= 4 is 35.1 Å². The van der Waals surface area contributed by atoms with Crippen LogP contribution in [0.4, 0.5) is 5.69 Å². The summed E-state index contributed by atoms with van der Waals surface area (Å²) in [5.41, 5.74) is -0.387. The number of benzene rings is 1. The molecule has 0 unspecified atom stereocenters. The van der Waals surface area contributed by atoms with Crippen LogP contribution in [0.2, 0.25) is 5.02 Å². The number of anilines is 1. The average Bonchev–Trinajstić information content (AvgIpc) is 3.33. The van der Waals surface area contributed by atoms with Crippen LogP contribution in [0.1, 0.15) is 32.1 Å². The number of nitriles is 1. The number of carbonyl (C=O) groups is 3. The van der Waals surface area contributed by atoms with E-state index in [2.05, 4.69) is 11.4 Å². The summed E-state index contributed by atoms with van der Waals surface area (Å²) in [7, 11) is 1.48. The van der Waals surface area contributed by atoms with Crippen molar-refractivity contribution in [3.05, 3.63) is 23.2 Å². The normalized spacial score (nSPS) is 20.2. The van der Waals surface area contributed by atoms with Gasteiger partial charge in [0.05, 0.1) is 24.8 Å². The highest BCUT2D eigenvalue weighted by Gasteiger charge is 2.38. The number of amides is 2. The maximum absolute atomic E-state index is 12.4. The third-order valence-corrected chi connectivity index (χ3v) is 5.52. The first kappa shape index (κ1) is 20.9. The summed E-state index contributed by atoms with van der Waals surface area (Å²) < 4.78 is 10.4. The summed E-state index contributed by atoms with van der Waals surface area (Å²) in [6, 6.07) is 7.04. The number of rotatable bonds is 6. The molecule has 154 valence electrons. The van der Waals surface area contributed by atoms with Crippen molar-refractivity contribution in [2.75, 3.05) is 25.2 Å². The molecule has 1 atom stereocenters. The second-order valence-corrected chi connectivity index (χ2v) is 7.71. The third kappa shape index (κ3) is 4.62. The van der Waals surface area contributed by atoms with Gasteiger partial charge in [-0.2, -0.15) is 5.26 Å². The Balaban J connectivity index is 1.57. The lowest BCUT2D eigenvalue weighted by Crippen LogP contribution is -2.47. The summed E-state index contributed by atoms with van der Waals surface area (Å²) >= 11 is 6.02. The Morgan fingerprint density at radius 3 is 2.76 bits per heavy atom. The maximum atomic E-state index is 12.4. The van der Waals surface area contributed by atoms with Gasteiger partial charge in [0.25, 0.3) is 5.91 Å². The Morgan fingerprint density at radius 2 is 2.10 bits per heavy atom. The first-order valence-electron chi connectivity index (χ1n) is 9.40. The van der Waals surface area contributed by atoms with Gasteiger partial charge in [-0.15, -0.1) is 0 Å². The van der Waals surface area contributed by atoms with Crippen molar-refractivity contribution in [1.29, 1.82) is 5.26 Å². The highest BCUT2D eigenvalue weighted by molar-refractivity contribution is 6.31. The SMILES string of the molecule is COc1ccc(Cl)cc1N1C[C@@H](C(=O)OCC(=O)NC2(C#N)CCCC2)CC1=O. The topological polar surface area (TPSA) is 109 Å². The maximum Gasteiger partial charge on any atom is 0.311 e. The molecule has 0 radical (unpaired) electrons. The van der Waals surface area contributed by atoms with Crippen LogP contribution in [-0.4, -0.2) is 43.6 Å². The second kappa shape index (κ2) is 8.70. The van der Waals surface area contributed by atoms with Crippen molar-refractivity contribution < 1.29 is 23.9 Å². The van der Waals surface area contributed by atoms with Crippen LogP contribution in [0.3, 0.4) is 0 Å². The first-order valence-corrected chi connectivity index (χ1v) is 9.78. The standard InChI is InChI=1S/C20H22ClN3O5/c1-28-16-5-4-14(21)9-15(16)24-10-13(8-18(24)26)19(27)29-11-17(25)23-20(12-22)6-2-3-7-20/h4-5,9,13H,2-3,6-8,10-11H2,1H3,(H,23,25)/t13-/m0/s1. The number of hydrogen-bond donors (Lipinski definition) is 1. The van der Waals surface area contributed by atoms with Gasteiger partial charge in [-0.3, -0.25) is 14.4 Å². The molecule has 2 aliphatic rings. The molecule has 1 aromatic carbocycles. The van der Waals surface area contributed by atoms with E-state index in [9.17, 15) is 19.6 Å². The highest BCUT2D eigenvalue weighted by Crippen LogP contribution is 2.35. The molecule has 0 bridgehead atoms. The van der Waals surface area contributed by atoms with Crippen molar-refractivity contribution in [2.24, 2.45) is 5.92 Å². The molecule has 1 heterocycles. The molecule has 29 heavy (non-hydrogen) atoms. The van der Waals surface area contributed by atoms with Crippen molar-refractivity contribution in [3.8, 4) is 11.8 Å². The molecule has 1 saturated carbocycles. The predicted octanol–water partition coefficient (Wildman–Crippen LogP) is 2.20. The molecule has 2 amide bonds. The lowest BCUT2D eigenvalue weighted by Gasteiger charge is -2.22. The summed E-state index contributed by atoms with van der Waals surface area (Å²) in [4.78, 5) is 38.3. The number of nitrogens with zero attached hydrogens (tertiary/aromatic N) is 2. The zero-order valence-corrected chi connectivity index (χ0v) is 16.8. The Hall–Kier alpha value is -2.79. The van der Waals surface area contributed by atoms with Gasteiger partial charge in [0.15, 0.2) is 6.61 Å². The monoisotopic (exact) mass is 419 g/mol. The summed E-state index contributed by atoms with van der Waals surface area (Å²) in [5.74, 6) is -1.63. The van der Waals surface area contributed by atoms with E-state index < -0.39 is 29.9 Å². The van der Waals surface area contributed by atoms with E-state index in [1.165, 1.54) is 12.0 Å². The zero-order valence-electron chi connectivity index (χ0n) is 16.1. The number of esters is 1. The lowest BCUT2D eigenvalue weighted by molar-refractivity contribution is -0.152. The molecule has 1 aliphatic heterocycles. The van der Waals surface area contributed by atoms with Gasteiger partial charge in [-0.1, -0.05) is 11.6 Å². The fourth-order valence-corrected chi connectivity index (χ4v) is 3.94. The number of nitrogens with one attached hydrogen (secondary N) is 1. The first-order chi connectivity index (χ1) is 13.9. The van der Waals surface area contributed by atoms with Crippen LogP contribution in [0.5, 0.6) is 5.75 Å². The van der Waals surface area contributed by atoms with Gasteiger partial charge in [0, 0.05) is 18.0 Å². The van der Waals surface area contributed by atoms with Gasteiger partial charge in [-0.25, -0.2) is 0 Å². The molecule has 0 spiro atoms. The molecule has 0 aromatic heterocycles. The fourth-order valence-electron chi connectivity index (χ4n) is 3.77. The van der Waals surface area contributed by atoms with Crippen LogP contribution in [0, 0.1) is 17.2 Å². The molecular weight excluding hydrogens is 398 g/mol. The Kier molecular flexibility index (Phi) is 6.28. The number of carbonyl (C=O) groups excluding carboxylic acids is 3. The smallest absolute Gasteiger partial charge is 0.311 e. The zero-order chi connectivity index (χ0) is 21.0. The van der Waals surface area contributed by atoms with E-state index in [-0.39, 0.29) is 18.9 Å². The van der Waals surface area contributed by atoms with E-state index in [4.69, 9.17) is 21.1 Å². The lowest BCUT2D eigenvalue weighted by atomic mass is 10.00. The highest BCUT2D eigenvalue weighted by atomic mass is 35.5. The van der Waals surface area contributed by atoms with Crippen LogP contribution < -0.4 is 15.0 Å². The fraction of sp³-hybridized carbons (Fsp3) is 0.500. The molecule has 1 aliphatic carbocycles. The minimum atomic E-state index is -0.868. The van der Waals surface area contributed by atoms with Gasteiger partial charge in [0.2, 0.25) is 5.91 Å². The van der Waals surface area contributed by atoms with E-state index in [1.807, 2.05) is 0 Å². The molecular formula is C20H22ClN3O5. The largest absolute Gasteiger partial charge is 0.495 e. The molecule has 1 aromatic rings. The van der Waals surface area contributed by atoms with Gasteiger partial charge < -0.3 is 19.7 Å². The number of halogens is 1. The predicted molar refractivity (Wildman–Crippen MR) is 104 cm³/mol. The van der Waals surface area contributed by atoms with E-state index in [0.717, 1.165) is 12.8 Å². The van der Waals surface area contributed by atoms with Gasteiger partial charge in [-0.05, 0) is 43.9 Å². The number of ether oxygens (including phenoxy) is 2. The Morgan fingerprint density at radius 1 is 1.38 bits per heavy atom. The van der Waals surface area contributed by atoms with Gasteiger partial charge in [0.1, 0.15) is 11.3 Å². The van der Waals surface area contributed by atoms with Crippen LogP contribution >= 0.6 is 11.6 Å². The van der Waals surface area contributed by atoms with Crippen molar-refractivity contribution in [2.45, 2.75) is 37.6 Å². The quantitative estimate of drug-likeness (QED) is 0.708. The van der Waals surface area contributed by atoms with Gasteiger partial charge >= 0.3 is 5.97 Å². The molecule has 1 saturated heterocycles. The Labute approximate surface area is 173 Å². The van der Waals surface area contributed by atoms with Crippen LogP contribution in [-0.2, 0) is 19.1 Å². The molecule has 8 nitrogen and oxygen atoms in total. The van der Waals surface area contributed by atoms with E-state index >= 15 is 0 Å². The third-order valence-electron chi connectivity index (χ3n) is 5.29. The minimum Gasteiger partial charge on any atom is -0.495 e. The van der Waals surface area contributed by atoms with Crippen LogP contribution in [0.15, 0.2) is 18.2 Å². The van der Waals surface area contributed by atoms with Crippen molar-refractivity contribution in [3.63, 3.8) is 0 Å². The molecule has 9 heteroatoms. The second-order valence-electron chi connectivity index (χ2n) is 7.28. The molecule has 2 fully saturated rings. The van der Waals surface area contributed by atoms with E-state index in [0.29, 0.717) is 29.3 Å². The number of methoxy groups -OCH3 is 1. The molecule has 3 rings (SSSR count). The Bertz CT molecular complexity index is 860. The van der Waals surface area contributed by atoms with E-state index in [1.54, 1.807) is 18.2 Å².